The molecule has 0 spiro atoms. The average Bonchev–Trinajstić information content (AvgIpc) is 2.53. The van der Waals surface area contributed by atoms with Gasteiger partial charge in [-0.2, -0.15) is 5.10 Å². The first-order valence-electron chi connectivity index (χ1n) is 6.60. The van der Waals surface area contributed by atoms with Crippen molar-refractivity contribution in [3.05, 3.63) is 62.0 Å². The first kappa shape index (κ1) is 17.7. The number of rotatable bonds is 5. The van der Waals surface area contributed by atoms with E-state index in [4.69, 9.17) is 4.74 Å². The third-order valence-electron chi connectivity index (χ3n) is 2.95. The Hall–Kier alpha value is -1.70. The number of nitrogens with one attached hydrogen (secondary N) is 1. The maximum absolute atomic E-state index is 12.0. The van der Waals surface area contributed by atoms with E-state index in [0.717, 1.165) is 10.0 Å². The molecule has 0 heterocycles. The number of carbonyl (C=O) groups is 1. The summed E-state index contributed by atoms with van der Waals surface area (Å²) in [5, 5.41) is 13.8. The highest BCUT2D eigenvalue weighted by molar-refractivity contribution is 9.11. The highest BCUT2D eigenvalue weighted by atomic mass is 79.9. The van der Waals surface area contributed by atoms with Crippen LogP contribution in [-0.2, 0) is 11.3 Å². The molecule has 7 heteroatoms. The number of halogens is 2. The van der Waals surface area contributed by atoms with Crippen LogP contribution in [0.25, 0.3) is 0 Å². The van der Waals surface area contributed by atoms with Gasteiger partial charge in [0.15, 0.2) is 0 Å². The van der Waals surface area contributed by atoms with Crippen molar-refractivity contribution in [3.63, 3.8) is 0 Å². The van der Waals surface area contributed by atoms with E-state index in [1.165, 1.54) is 6.21 Å². The fourth-order valence-electron chi connectivity index (χ4n) is 1.83. The second-order valence-electron chi connectivity index (χ2n) is 4.65. The molecular weight excluding hydrogens is 428 g/mol. The first-order chi connectivity index (χ1) is 11.0. The number of aromatic hydroxyl groups is 1. The van der Waals surface area contributed by atoms with Gasteiger partial charge >= 0.3 is 0 Å². The summed E-state index contributed by atoms with van der Waals surface area (Å²) in [5.41, 5.74) is 4.37. The van der Waals surface area contributed by atoms with Crippen LogP contribution in [0.3, 0.4) is 0 Å². The second kappa shape index (κ2) is 8.24. The fourth-order valence-corrected chi connectivity index (χ4v) is 3.09. The van der Waals surface area contributed by atoms with Gasteiger partial charge in [0, 0.05) is 22.7 Å². The fraction of sp³-hybridized carbons (Fsp3) is 0.125. The van der Waals surface area contributed by atoms with Crippen LogP contribution in [0.1, 0.15) is 21.5 Å². The molecule has 120 valence electrons. The van der Waals surface area contributed by atoms with E-state index in [2.05, 4.69) is 42.4 Å². The molecule has 2 N–H and O–H groups in total. The number of carbonyl (C=O) groups excluding carboxylic acids is 1. The SMILES string of the molecule is COCc1ccc(C(=O)N/N=C\c2cc(Br)cc(Br)c2O)cc1. The molecule has 0 aliphatic heterocycles. The molecule has 0 fully saturated rings. The number of benzene rings is 2. The van der Waals surface area contributed by atoms with Gasteiger partial charge in [-0.1, -0.05) is 28.1 Å². The lowest BCUT2D eigenvalue weighted by Gasteiger charge is -2.04. The molecule has 0 radical (unpaired) electrons. The molecule has 2 aromatic rings. The van der Waals surface area contributed by atoms with Crippen molar-refractivity contribution in [2.45, 2.75) is 6.61 Å². The molecule has 0 aromatic heterocycles. The molecule has 0 atom stereocenters. The highest BCUT2D eigenvalue weighted by Gasteiger charge is 2.07. The summed E-state index contributed by atoms with van der Waals surface area (Å²) in [4.78, 5) is 12.0. The Morgan fingerprint density at radius 1 is 1.30 bits per heavy atom. The minimum Gasteiger partial charge on any atom is -0.506 e. The topological polar surface area (TPSA) is 70.9 Å². The Kier molecular flexibility index (Phi) is 6.32. The third kappa shape index (κ3) is 4.89. The van der Waals surface area contributed by atoms with Gasteiger partial charge in [-0.3, -0.25) is 4.79 Å². The Morgan fingerprint density at radius 2 is 2.00 bits per heavy atom. The zero-order chi connectivity index (χ0) is 16.8. The molecule has 0 aliphatic carbocycles. The monoisotopic (exact) mass is 440 g/mol. The molecule has 0 aliphatic rings. The number of methoxy groups -OCH3 is 1. The highest BCUT2D eigenvalue weighted by Crippen LogP contribution is 2.30. The van der Waals surface area contributed by atoms with E-state index in [0.29, 0.717) is 22.2 Å². The summed E-state index contributed by atoms with van der Waals surface area (Å²) in [6.45, 7) is 0.497. The summed E-state index contributed by atoms with van der Waals surface area (Å²) < 4.78 is 6.33. The van der Waals surface area contributed by atoms with E-state index in [-0.39, 0.29) is 11.7 Å². The average molecular weight is 442 g/mol. The minimum atomic E-state index is -0.334. The Balaban J connectivity index is 2.04. The summed E-state index contributed by atoms with van der Waals surface area (Å²) in [7, 11) is 1.62. The van der Waals surface area contributed by atoms with E-state index in [9.17, 15) is 9.90 Å². The van der Waals surface area contributed by atoms with Crippen molar-refractivity contribution < 1.29 is 14.6 Å². The van der Waals surface area contributed by atoms with Crippen LogP contribution in [0.15, 0.2) is 50.4 Å². The second-order valence-corrected chi connectivity index (χ2v) is 6.42. The van der Waals surface area contributed by atoms with Crippen LogP contribution in [0.5, 0.6) is 5.75 Å². The van der Waals surface area contributed by atoms with Crippen molar-refractivity contribution in [2.24, 2.45) is 5.10 Å². The van der Waals surface area contributed by atoms with Crippen molar-refractivity contribution in [1.82, 2.24) is 5.43 Å². The summed E-state index contributed by atoms with van der Waals surface area (Å²) in [5.74, 6) is -0.283. The van der Waals surface area contributed by atoms with Gasteiger partial charge < -0.3 is 9.84 Å². The zero-order valence-corrected chi connectivity index (χ0v) is 15.4. The number of amides is 1. The smallest absolute Gasteiger partial charge is 0.271 e. The summed E-state index contributed by atoms with van der Waals surface area (Å²) in [6, 6.07) is 10.4. The predicted octanol–water partition coefficient (Wildman–Crippen LogP) is 3.83. The molecule has 2 aromatic carbocycles. The van der Waals surface area contributed by atoms with Gasteiger partial charge in [-0.05, 0) is 45.8 Å². The number of phenols is 1. The van der Waals surface area contributed by atoms with Crippen molar-refractivity contribution in [3.8, 4) is 5.75 Å². The van der Waals surface area contributed by atoms with Gasteiger partial charge in [0.1, 0.15) is 5.75 Å². The van der Waals surface area contributed by atoms with E-state index < -0.39 is 0 Å². The molecule has 0 bridgehead atoms. The van der Waals surface area contributed by atoms with Gasteiger partial charge in [-0.25, -0.2) is 5.43 Å². The molecule has 0 saturated heterocycles. The number of ether oxygens (including phenoxy) is 1. The predicted molar refractivity (Wildman–Crippen MR) is 95.7 cm³/mol. The van der Waals surface area contributed by atoms with Crippen molar-refractivity contribution >= 4 is 44.0 Å². The first-order valence-corrected chi connectivity index (χ1v) is 8.19. The molecule has 5 nitrogen and oxygen atoms in total. The number of hydrazone groups is 1. The summed E-state index contributed by atoms with van der Waals surface area (Å²) in [6.07, 6.45) is 1.38. The molecule has 23 heavy (non-hydrogen) atoms. The van der Waals surface area contributed by atoms with Gasteiger partial charge in [0.25, 0.3) is 5.91 Å². The number of hydrogen-bond donors (Lipinski definition) is 2. The maximum atomic E-state index is 12.0. The lowest BCUT2D eigenvalue weighted by Crippen LogP contribution is -2.17. The number of phenolic OH excluding ortho intramolecular Hbond substituents is 1. The van der Waals surface area contributed by atoms with Gasteiger partial charge in [0.2, 0.25) is 0 Å². The third-order valence-corrected chi connectivity index (χ3v) is 4.02. The van der Waals surface area contributed by atoms with E-state index in [1.807, 2.05) is 12.1 Å². The van der Waals surface area contributed by atoms with E-state index >= 15 is 0 Å². The normalized spacial score (nSPS) is 10.9. The van der Waals surface area contributed by atoms with Crippen LogP contribution in [0.2, 0.25) is 0 Å². The molecule has 2 rings (SSSR count). The molecule has 0 saturated carbocycles. The number of hydrogen-bond acceptors (Lipinski definition) is 4. The van der Waals surface area contributed by atoms with Crippen LogP contribution >= 0.6 is 31.9 Å². The standard InChI is InChI=1S/C16H14Br2N2O3/c1-23-9-10-2-4-11(5-3-10)16(22)20-19-8-12-6-13(17)7-14(18)15(12)21/h2-8,21H,9H2,1H3,(H,20,22)/b19-8-. The van der Waals surface area contributed by atoms with Crippen LogP contribution in [0.4, 0.5) is 0 Å². The van der Waals surface area contributed by atoms with Crippen LogP contribution < -0.4 is 5.43 Å². The van der Waals surface area contributed by atoms with Crippen LogP contribution in [0, 0.1) is 0 Å². The van der Waals surface area contributed by atoms with Crippen molar-refractivity contribution in [2.75, 3.05) is 7.11 Å². The summed E-state index contributed by atoms with van der Waals surface area (Å²) >= 11 is 6.56. The minimum absolute atomic E-state index is 0.0510. The number of nitrogens with zero attached hydrogens (tertiary/aromatic N) is 1. The maximum Gasteiger partial charge on any atom is 0.271 e. The largest absolute Gasteiger partial charge is 0.506 e. The zero-order valence-electron chi connectivity index (χ0n) is 12.2. The quantitative estimate of drug-likeness (QED) is 0.547. The van der Waals surface area contributed by atoms with Crippen LogP contribution in [-0.4, -0.2) is 24.3 Å². The Bertz CT molecular complexity index is 731. The molecule has 0 unspecified atom stereocenters. The molecule has 1 amide bonds. The lowest BCUT2D eigenvalue weighted by molar-refractivity contribution is 0.0955. The lowest BCUT2D eigenvalue weighted by atomic mass is 10.1. The Labute approximate surface area is 150 Å². The van der Waals surface area contributed by atoms with Gasteiger partial charge in [0.05, 0.1) is 17.3 Å². The molecular formula is C16H14Br2N2O3. The van der Waals surface area contributed by atoms with Crippen molar-refractivity contribution in [1.29, 1.82) is 0 Å². The Morgan fingerprint density at radius 3 is 2.65 bits per heavy atom. The van der Waals surface area contributed by atoms with E-state index in [1.54, 1.807) is 31.4 Å². The van der Waals surface area contributed by atoms with Gasteiger partial charge in [-0.15, -0.1) is 0 Å².